The number of rotatable bonds is 4. The molecule has 0 spiro atoms. The van der Waals surface area contributed by atoms with Crippen LogP contribution in [0, 0.1) is 0 Å². The zero-order valence-corrected chi connectivity index (χ0v) is 7.40. The Morgan fingerprint density at radius 2 is 1.90 bits per heavy atom. The van der Waals surface area contributed by atoms with E-state index in [0.717, 1.165) is 5.75 Å². The second kappa shape index (κ2) is 9.80. The molecule has 0 fully saturated rings. The van der Waals surface area contributed by atoms with Crippen molar-refractivity contribution in [2.45, 2.75) is 6.92 Å². The van der Waals surface area contributed by atoms with E-state index >= 15 is 0 Å². The summed E-state index contributed by atoms with van der Waals surface area (Å²) in [6.07, 6.45) is 2.10. The summed E-state index contributed by atoms with van der Waals surface area (Å²) in [6, 6.07) is 0. The molecule has 42 valence electrons. The second-order valence-electron chi connectivity index (χ2n) is 1.69. The van der Waals surface area contributed by atoms with Gasteiger partial charge >= 0.3 is 71.6 Å². The van der Waals surface area contributed by atoms with Gasteiger partial charge in [-0.3, -0.25) is 0 Å². The molecule has 0 aromatic heterocycles. The first-order valence-corrected chi connectivity index (χ1v) is 4.52. The quantitative estimate of drug-likeness (QED) is 0.406. The third kappa shape index (κ3) is 8.80. The fourth-order valence-electron chi connectivity index (χ4n) is 0.437. The molecule has 8 heteroatoms. The van der Waals surface area contributed by atoms with Crippen molar-refractivity contribution in [3.8, 4) is 0 Å². The maximum absolute atomic E-state index is 2.14. The van der Waals surface area contributed by atoms with Crippen molar-refractivity contribution in [1.29, 1.82) is 0 Å². The number of hydrogen-bond donors (Lipinski definition) is 0. The standard InChI is InChI=1S/C2H7B7S/c1-2-10-9-8-7-6-5-4-3/h2-3H2,1H3. The topological polar surface area (TPSA) is 0 Å². The van der Waals surface area contributed by atoms with Crippen molar-refractivity contribution in [1.82, 2.24) is 0 Å². The van der Waals surface area contributed by atoms with Crippen LogP contribution in [0.3, 0.4) is 0 Å². The van der Waals surface area contributed by atoms with Crippen LogP contribution in [0.2, 0.25) is 0 Å². The monoisotopic (exact) mass is 140 g/mol. The molecule has 0 aliphatic rings. The van der Waals surface area contributed by atoms with Crippen LogP contribution < -0.4 is 0 Å². The van der Waals surface area contributed by atoms with Gasteiger partial charge in [0.15, 0.2) is 0 Å². The fraction of sp³-hybridized carbons (Fsp3) is 1.00. The molecule has 0 heterocycles. The summed E-state index contributed by atoms with van der Waals surface area (Å²) in [7, 11) is 2.01. The zero-order valence-electron chi connectivity index (χ0n) is 6.58. The molecule has 0 rings (SSSR count). The minimum absolute atomic E-state index is 1.15. The van der Waals surface area contributed by atoms with E-state index in [2.05, 4.69) is 13.0 Å². The third-order valence-electron chi connectivity index (χ3n) is 0.867. The van der Waals surface area contributed by atoms with Crippen molar-refractivity contribution in [3.63, 3.8) is 0 Å². The van der Waals surface area contributed by atoms with Gasteiger partial charge in [0.1, 0.15) is 0 Å². The summed E-state index contributed by atoms with van der Waals surface area (Å²) in [5.74, 6) is 1.15. The van der Waals surface area contributed by atoms with E-state index in [-0.39, 0.29) is 0 Å². The molecule has 0 N–H and O–H groups in total. The van der Waals surface area contributed by atoms with Crippen LogP contribution in [-0.2, 0) is 0 Å². The van der Waals surface area contributed by atoms with Crippen molar-refractivity contribution in [3.05, 3.63) is 0 Å². The van der Waals surface area contributed by atoms with Gasteiger partial charge in [-0.1, -0.05) is 0 Å². The molecule has 0 amide bonds. The second-order valence-corrected chi connectivity index (χ2v) is 2.88. The molecule has 0 aliphatic carbocycles. The molecule has 0 saturated heterocycles. The molecule has 0 aromatic carbocycles. The van der Waals surface area contributed by atoms with Crippen LogP contribution in [0.1, 0.15) is 6.92 Å². The van der Waals surface area contributed by atoms with E-state index in [9.17, 15) is 0 Å². The Bertz CT molecular complexity index is 139. The molecule has 0 bridgehead atoms. The maximum atomic E-state index is 2.14. The van der Waals surface area contributed by atoms with Gasteiger partial charge in [0.2, 0.25) is 0 Å². The van der Waals surface area contributed by atoms with Gasteiger partial charge in [-0.05, 0) is 0 Å². The minimum atomic E-state index is 1.15. The Morgan fingerprint density at radius 3 is 2.50 bits per heavy atom. The summed E-state index contributed by atoms with van der Waals surface area (Å²) < 4.78 is 0. The van der Waals surface area contributed by atoms with Gasteiger partial charge in [0.05, 0.1) is 0 Å². The van der Waals surface area contributed by atoms with Crippen LogP contribution in [0.25, 0.3) is 0 Å². The van der Waals surface area contributed by atoms with Crippen LogP contribution in [0.15, 0.2) is 0 Å². The average Bonchev–Trinajstić information content (AvgIpc) is 1.97. The molecule has 0 unspecified atom stereocenters. The zero-order chi connectivity index (χ0) is 7.66. The van der Waals surface area contributed by atoms with E-state index in [1.807, 2.05) is 52.8 Å². The molecule has 0 saturated carbocycles. The average molecular weight is 139 g/mol. The first-order chi connectivity index (χ1) is 4.91. The first-order valence-electron chi connectivity index (χ1n) is 3.48. The van der Waals surface area contributed by atoms with Crippen molar-refractivity contribution >= 4 is 58.9 Å². The summed E-state index contributed by atoms with van der Waals surface area (Å²) in [4.78, 5) is 0. The molecule has 0 aromatic rings. The Labute approximate surface area is 71.9 Å². The summed E-state index contributed by atoms with van der Waals surface area (Å²) in [5.41, 5.74) is 0. The van der Waals surface area contributed by atoms with Crippen LogP contribution in [0.5, 0.6) is 0 Å². The Kier molecular flexibility index (Phi) is 10.6. The summed E-state index contributed by atoms with van der Waals surface area (Å²) in [6.45, 7) is 12.3. The Balaban J connectivity index is 3.32. The van der Waals surface area contributed by atoms with Gasteiger partial charge in [-0.15, -0.1) is 0 Å². The third-order valence-corrected chi connectivity index (χ3v) is 1.55. The van der Waals surface area contributed by atoms with Crippen LogP contribution in [-0.4, -0.2) is 53.0 Å². The van der Waals surface area contributed by atoms with Gasteiger partial charge in [0, 0.05) is 0 Å². The first kappa shape index (κ1) is 10.8. The van der Waals surface area contributed by atoms with Crippen molar-refractivity contribution in [2.75, 3.05) is 5.75 Å². The van der Waals surface area contributed by atoms with E-state index in [0.29, 0.717) is 0 Å². The summed E-state index contributed by atoms with van der Waals surface area (Å²) >= 11 is 1.81. The Morgan fingerprint density at radius 1 is 1.20 bits per heavy atom. The predicted octanol–water partition coefficient (Wildman–Crippen LogP) is -2.00. The van der Waals surface area contributed by atoms with Crippen LogP contribution in [0.4, 0.5) is 0 Å². The van der Waals surface area contributed by atoms with Crippen LogP contribution >= 0.6 is 11.6 Å². The molecule has 0 radical (unpaired) electrons. The molecular weight excluding hydrogens is 132 g/mol. The SMILES string of the molecule is BB=BB=BB=BSCC. The van der Waals surface area contributed by atoms with E-state index < -0.39 is 0 Å². The normalized spacial score (nSPS) is 7.70. The number of hydrogen-bond acceptors (Lipinski definition) is 1. The molecule has 0 aliphatic heterocycles. The predicted molar refractivity (Wildman–Crippen MR) is 61.2 cm³/mol. The molecule has 0 atom stereocenters. The van der Waals surface area contributed by atoms with E-state index in [1.54, 1.807) is 0 Å². The van der Waals surface area contributed by atoms with E-state index in [4.69, 9.17) is 0 Å². The van der Waals surface area contributed by atoms with E-state index in [1.165, 1.54) is 0 Å². The fourth-order valence-corrected chi connectivity index (χ4v) is 0.831. The molecular formula is C2H7B7S. The summed E-state index contributed by atoms with van der Waals surface area (Å²) in [5, 5.41) is 0. The van der Waals surface area contributed by atoms with Gasteiger partial charge < -0.3 is 0 Å². The van der Waals surface area contributed by atoms with Crippen molar-refractivity contribution in [2.24, 2.45) is 0 Å². The van der Waals surface area contributed by atoms with Crippen molar-refractivity contribution < 1.29 is 0 Å². The molecule has 10 heavy (non-hydrogen) atoms. The van der Waals surface area contributed by atoms with Gasteiger partial charge in [-0.2, -0.15) is 0 Å². The van der Waals surface area contributed by atoms with Gasteiger partial charge in [-0.25, -0.2) is 0 Å². The molecule has 0 nitrogen and oxygen atoms in total. The van der Waals surface area contributed by atoms with Gasteiger partial charge in [0.25, 0.3) is 0 Å². The Hall–Kier alpha value is 0.805.